The first-order valence-electron chi connectivity index (χ1n) is 10.2. The maximum Gasteiger partial charge on any atom is 0.246 e. The van der Waals surface area contributed by atoms with Crippen molar-refractivity contribution in [1.82, 2.24) is 4.31 Å². The summed E-state index contributed by atoms with van der Waals surface area (Å²) < 4.78 is 38.1. The maximum atomic E-state index is 13.2. The lowest BCUT2D eigenvalue weighted by Crippen LogP contribution is -2.41. The van der Waals surface area contributed by atoms with Crippen molar-refractivity contribution in [3.05, 3.63) is 42.5 Å². The predicted molar refractivity (Wildman–Crippen MR) is 120 cm³/mol. The van der Waals surface area contributed by atoms with Gasteiger partial charge < -0.3 is 20.1 Å². The van der Waals surface area contributed by atoms with E-state index in [1.165, 1.54) is 31.5 Å². The Balaban J connectivity index is 1.63. The summed E-state index contributed by atoms with van der Waals surface area (Å²) in [6, 6.07) is 11.5. The molecule has 0 aliphatic carbocycles. The van der Waals surface area contributed by atoms with Crippen molar-refractivity contribution in [3.8, 4) is 11.5 Å². The third-order valence-electron chi connectivity index (χ3n) is 5.29. The number of nitrogens with zero attached hydrogens (tertiary/aromatic N) is 1. The molecule has 2 amide bonds. The fourth-order valence-corrected chi connectivity index (χ4v) is 5.21. The number of carbonyl (C=O) groups is 2. The number of piperidine rings is 1. The molecule has 0 bridgehead atoms. The second-order valence-corrected chi connectivity index (χ2v) is 9.35. The Morgan fingerprint density at radius 1 is 0.938 bits per heavy atom. The molecule has 3 rings (SSSR count). The summed E-state index contributed by atoms with van der Waals surface area (Å²) in [6.45, 7) is 1.87. The van der Waals surface area contributed by atoms with Gasteiger partial charge in [0.15, 0.2) is 0 Å². The van der Waals surface area contributed by atoms with Crippen molar-refractivity contribution in [2.75, 3.05) is 37.9 Å². The number of benzene rings is 2. The molecular formula is C22H27N3O6S. The van der Waals surface area contributed by atoms with Crippen LogP contribution in [-0.4, -0.2) is 51.8 Å². The monoisotopic (exact) mass is 461 g/mol. The van der Waals surface area contributed by atoms with Gasteiger partial charge in [-0.3, -0.25) is 9.59 Å². The zero-order chi connectivity index (χ0) is 23.3. The minimum Gasteiger partial charge on any atom is -0.497 e. The molecule has 1 saturated heterocycles. The summed E-state index contributed by atoms with van der Waals surface area (Å²) in [6.07, 6.45) is 0.808. The molecule has 1 fully saturated rings. The fourth-order valence-electron chi connectivity index (χ4n) is 3.57. The van der Waals surface area contributed by atoms with Gasteiger partial charge in [0.2, 0.25) is 21.8 Å². The van der Waals surface area contributed by atoms with Crippen LogP contribution in [0.4, 0.5) is 11.4 Å². The van der Waals surface area contributed by atoms with Gasteiger partial charge in [0.05, 0.1) is 14.2 Å². The van der Waals surface area contributed by atoms with E-state index in [9.17, 15) is 18.0 Å². The number of amides is 2. The van der Waals surface area contributed by atoms with Crippen molar-refractivity contribution in [2.24, 2.45) is 5.92 Å². The molecule has 9 nitrogen and oxygen atoms in total. The molecule has 0 unspecified atom stereocenters. The highest BCUT2D eigenvalue weighted by molar-refractivity contribution is 7.89. The molecule has 0 saturated carbocycles. The predicted octanol–water partition coefficient (Wildman–Crippen LogP) is 2.70. The molecule has 2 N–H and O–H groups in total. The average Bonchev–Trinajstić information content (AvgIpc) is 2.79. The summed E-state index contributed by atoms with van der Waals surface area (Å²) in [5.41, 5.74) is 1.25. The van der Waals surface area contributed by atoms with Crippen LogP contribution in [0.15, 0.2) is 47.4 Å². The molecule has 32 heavy (non-hydrogen) atoms. The first-order chi connectivity index (χ1) is 15.2. The number of carbonyl (C=O) groups excluding carboxylic acids is 2. The molecule has 0 radical (unpaired) electrons. The van der Waals surface area contributed by atoms with Crippen LogP contribution >= 0.6 is 0 Å². The summed E-state index contributed by atoms with van der Waals surface area (Å²) in [5.74, 6) is 0.0311. The average molecular weight is 462 g/mol. The van der Waals surface area contributed by atoms with E-state index in [2.05, 4.69) is 10.6 Å². The summed E-state index contributed by atoms with van der Waals surface area (Å²) in [4.78, 5) is 23.8. The lowest BCUT2D eigenvalue weighted by Gasteiger charge is -2.31. The van der Waals surface area contributed by atoms with E-state index in [1.54, 1.807) is 36.4 Å². The van der Waals surface area contributed by atoms with Gasteiger partial charge in [-0.2, -0.15) is 4.31 Å². The Hall–Kier alpha value is -3.11. The SMILES string of the molecule is COc1ccc(OC)c(S(=O)(=O)N2CCC(C(=O)Nc3ccc(NC(C)=O)cc3)CC2)c1. The van der Waals surface area contributed by atoms with E-state index in [-0.39, 0.29) is 41.5 Å². The molecule has 1 aliphatic rings. The third kappa shape index (κ3) is 5.38. The smallest absolute Gasteiger partial charge is 0.246 e. The number of methoxy groups -OCH3 is 2. The second kappa shape index (κ2) is 10.0. The van der Waals surface area contributed by atoms with E-state index in [4.69, 9.17) is 9.47 Å². The van der Waals surface area contributed by atoms with E-state index >= 15 is 0 Å². The molecule has 2 aromatic carbocycles. The van der Waals surface area contributed by atoms with E-state index in [0.29, 0.717) is 30.0 Å². The van der Waals surface area contributed by atoms with Gasteiger partial charge in [0.25, 0.3) is 0 Å². The van der Waals surface area contributed by atoms with Crippen molar-refractivity contribution in [1.29, 1.82) is 0 Å². The van der Waals surface area contributed by atoms with Crippen molar-refractivity contribution < 1.29 is 27.5 Å². The van der Waals surface area contributed by atoms with Crippen LogP contribution < -0.4 is 20.1 Å². The van der Waals surface area contributed by atoms with E-state index < -0.39 is 10.0 Å². The molecule has 0 aromatic heterocycles. The van der Waals surface area contributed by atoms with Crippen LogP contribution in [0, 0.1) is 5.92 Å². The van der Waals surface area contributed by atoms with Gasteiger partial charge in [0.1, 0.15) is 16.4 Å². The number of nitrogens with one attached hydrogen (secondary N) is 2. The van der Waals surface area contributed by atoms with Crippen LogP contribution in [0.5, 0.6) is 11.5 Å². The molecule has 1 heterocycles. The molecule has 0 spiro atoms. The van der Waals surface area contributed by atoms with Crippen LogP contribution in [0.3, 0.4) is 0 Å². The lowest BCUT2D eigenvalue weighted by atomic mass is 9.97. The summed E-state index contributed by atoms with van der Waals surface area (Å²) in [7, 11) is -0.913. The summed E-state index contributed by atoms with van der Waals surface area (Å²) >= 11 is 0. The number of hydrogen-bond donors (Lipinski definition) is 2. The number of ether oxygens (including phenoxy) is 2. The molecule has 1 aliphatic heterocycles. The Labute approximate surface area is 187 Å². The zero-order valence-corrected chi connectivity index (χ0v) is 19.1. The Kier molecular flexibility index (Phi) is 7.37. The molecule has 2 aromatic rings. The Morgan fingerprint density at radius 2 is 1.53 bits per heavy atom. The first-order valence-corrected chi connectivity index (χ1v) is 11.6. The van der Waals surface area contributed by atoms with Gasteiger partial charge in [-0.15, -0.1) is 0 Å². The quantitative estimate of drug-likeness (QED) is 0.655. The number of hydrogen-bond acceptors (Lipinski definition) is 6. The molecule has 172 valence electrons. The minimum absolute atomic E-state index is 0.0431. The van der Waals surface area contributed by atoms with Gasteiger partial charge in [-0.25, -0.2) is 8.42 Å². The van der Waals surface area contributed by atoms with Crippen molar-refractivity contribution in [3.63, 3.8) is 0 Å². The van der Waals surface area contributed by atoms with Gasteiger partial charge in [0, 0.05) is 43.4 Å². The third-order valence-corrected chi connectivity index (χ3v) is 7.21. The lowest BCUT2D eigenvalue weighted by molar-refractivity contribution is -0.121. The number of sulfonamides is 1. The molecule has 0 atom stereocenters. The maximum absolute atomic E-state index is 13.2. The van der Waals surface area contributed by atoms with Gasteiger partial charge in [-0.1, -0.05) is 0 Å². The normalized spacial score (nSPS) is 15.1. The highest BCUT2D eigenvalue weighted by Crippen LogP contribution is 2.32. The van der Waals surface area contributed by atoms with Crippen molar-refractivity contribution >= 4 is 33.2 Å². The van der Waals surface area contributed by atoms with E-state index in [0.717, 1.165) is 0 Å². The largest absolute Gasteiger partial charge is 0.497 e. The van der Waals surface area contributed by atoms with Crippen LogP contribution in [-0.2, 0) is 19.6 Å². The van der Waals surface area contributed by atoms with Gasteiger partial charge >= 0.3 is 0 Å². The second-order valence-electron chi connectivity index (χ2n) is 7.44. The number of rotatable bonds is 7. The van der Waals surface area contributed by atoms with Crippen LogP contribution in [0.2, 0.25) is 0 Å². The Bertz CT molecular complexity index is 1080. The van der Waals surface area contributed by atoms with Crippen LogP contribution in [0.1, 0.15) is 19.8 Å². The van der Waals surface area contributed by atoms with E-state index in [1.807, 2.05) is 0 Å². The van der Waals surface area contributed by atoms with Crippen LogP contribution in [0.25, 0.3) is 0 Å². The molecular weight excluding hydrogens is 434 g/mol. The first kappa shape index (κ1) is 23.6. The molecule has 10 heteroatoms. The topological polar surface area (TPSA) is 114 Å². The van der Waals surface area contributed by atoms with Gasteiger partial charge in [-0.05, 0) is 49.2 Å². The van der Waals surface area contributed by atoms with Crippen molar-refractivity contribution in [2.45, 2.75) is 24.7 Å². The number of anilines is 2. The standard InChI is InChI=1S/C22H27N3O6S/c1-15(26)23-17-4-6-18(7-5-17)24-22(27)16-10-12-25(13-11-16)32(28,29)21-14-19(30-2)8-9-20(21)31-3/h4-9,14,16H,10-13H2,1-3H3,(H,23,26)(H,24,27). The Morgan fingerprint density at radius 3 is 2.06 bits per heavy atom. The summed E-state index contributed by atoms with van der Waals surface area (Å²) in [5, 5.41) is 5.52. The zero-order valence-electron chi connectivity index (χ0n) is 18.3. The highest BCUT2D eigenvalue weighted by atomic mass is 32.2. The minimum atomic E-state index is -3.80. The highest BCUT2D eigenvalue weighted by Gasteiger charge is 2.34. The fraction of sp³-hybridized carbons (Fsp3) is 0.364.